The van der Waals surface area contributed by atoms with Gasteiger partial charge in [0.25, 0.3) is 0 Å². The van der Waals surface area contributed by atoms with Crippen molar-refractivity contribution in [3.63, 3.8) is 0 Å². The number of hydrogen-bond acceptors (Lipinski definition) is 0. The zero-order valence-corrected chi connectivity index (χ0v) is 18.7. The molecule has 31 heavy (non-hydrogen) atoms. The maximum absolute atomic E-state index is 2.43. The molecule has 0 aromatic heterocycles. The van der Waals surface area contributed by atoms with Crippen molar-refractivity contribution >= 4 is 29.2 Å². The van der Waals surface area contributed by atoms with Gasteiger partial charge in [0.15, 0.2) is 0 Å². The van der Waals surface area contributed by atoms with Crippen LogP contribution in [0.15, 0.2) is 84.9 Å². The maximum Gasteiger partial charge on any atom is 0.242 e. The molecular formula is C30H27B. The Balaban J connectivity index is 1.72. The Kier molecular flexibility index (Phi) is 4.90. The molecule has 0 saturated carbocycles. The fraction of sp³-hybridized carbons (Fsp3) is 0.133. The van der Waals surface area contributed by atoms with Crippen LogP contribution in [0, 0.1) is 20.8 Å². The minimum absolute atomic E-state index is 0.286. The Labute approximate surface area is 186 Å². The second kappa shape index (κ2) is 7.74. The molecule has 0 saturated heterocycles. The van der Waals surface area contributed by atoms with Gasteiger partial charge in [0.1, 0.15) is 0 Å². The summed E-state index contributed by atoms with van der Waals surface area (Å²) in [5.74, 6) is 0. The second-order valence-corrected chi connectivity index (χ2v) is 8.71. The first-order chi connectivity index (χ1) is 15.1. The first-order valence-corrected chi connectivity index (χ1v) is 11.1. The fourth-order valence-electron chi connectivity index (χ4n) is 5.13. The maximum atomic E-state index is 2.43. The molecule has 0 radical (unpaired) electrons. The molecule has 0 aliphatic carbocycles. The molecule has 0 bridgehead atoms. The summed E-state index contributed by atoms with van der Waals surface area (Å²) in [4.78, 5) is 0. The molecule has 1 heteroatoms. The van der Waals surface area contributed by atoms with E-state index in [9.17, 15) is 0 Å². The lowest BCUT2D eigenvalue weighted by atomic mass is 9.38. The van der Waals surface area contributed by atoms with Crippen molar-refractivity contribution in [3.8, 4) is 22.3 Å². The molecule has 4 aromatic rings. The normalized spacial score (nSPS) is 12.3. The molecule has 150 valence electrons. The molecular weight excluding hydrogens is 371 g/mol. The standard InChI is InChI=1S/C30H27B/c1-5-10-23-15-16-24(17-21(23)3)31-29-14-9-8-13-26(29)28-19-27(22(4)18-30(28)31)25-12-7-6-11-20(25)2/h5-19H,1-4H3/b10-5-. The Hall–Kier alpha value is -3.32. The van der Waals surface area contributed by atoms with E-state index >= 15 is 0 Å². The largest absolute Gasteiger partial charge is 0.242 e. The van der Waals surface area contributed by atoms with Crippen LogP contribution in [0.25, 0.3) is 28.3 Å². The number of benzene rings is 4. The third kappa shape index (κ3) is 3.25. The number of rotatable bonds is 3. The fourth-order valence-corrected chi connectivity index (χ4v) is 5.13. The summed E-state index contributed by atoms with van der Waals surface area (Å²) in [7, 11) is 0. The van der Waals surface area contributed by atoms with Gasteiger partial charge in [-0.05, 0) is 78.3 Å². The van der Waals surface area contributed by atoms with Gasteiger partial charge in [-0.1, -0.05) is 101 Å². The van der Waals surface area contributed by atoms with Gasteiger partial charge in [-0.3, -0.25) is 0 Å². The van der Waals surface area contributed by atoms with E-state index in [1.54, 1.807) is 0 Å². The number of fused-ring (bicyclic) bond motifs is 3. The lowest BCUT2D eigenvalue weighted by molar-refractivity contribution is 1.42. The van der Waals surface area contributed by atoms with Crippen LogP contribution in [-0.4, -0.2) is 6.71 Å². The lowest BCUT2D eigenvalue weighted by Gasteiger charge is -2.16. The molecule has 1 aliphatic heterocycles. The molecule has 5 rings (SSSR count). The van der Waals surface area contributed by atoms with Crippen LogP contribution in [-0.2, 0) is 0 Å². The van der Waals surface area contributed by atoms with Crippen molar-refractivity contribution in [1.82, 2.24) is 0 Å². The van der Waals surface area contributed by atoms with E-state index in [4.69, 9.17) is 0 Å². The van der Waals surface area contributed by atoms with Crippen LogP contribution in [0.4, 0.5) is 0 Å². The summed E-state index contributed by atoms with van der Waals surface area (Å²) in [5.41, 5.74) is 14.9. The van der Waals surface area contributed by atoms with Crippen molar-refractivity contribution < 1.29 is 0 Å². The number of aryl methyl sites for hydroxylation is 3. The van der Waals surface area contributed by atoms with Crippen molar-refractivity contribution in [2.45, 2.75) is 27.7 Å². The smallest absolute Gasteiger partial charge is 0.0871 e. The van der Waals surface area contributed by atoms with Crippen molar-refractivity contribution in [3.05, 3.63) is 107 Å². The van der Waals surface area contributed by atoms with Crippen LogP contribution in [0.5, 0.6) is 0 Å². The Morgan fingerprint density at radius 1 is 0.581 bits per heavy atom. The number of allylic oxidation sites excluding steroid dienone is 1. The highest BCUT2D eigenvalue weighted by Gasteiger charge is 2.34. The molecule has 1 heterocycles. The van der Waals surface area contributed by atoms with Crippen molar-refractivity contribution in [1.29, 1.82) is 0 Å². The van der Waals surface area contributed by atoms with Crippen LogP contribution in [0.2, 0.25) is 0 Å². The molecule has 0 fully saturated rings. The van der Waals surface area contributed by atoms with E-state index in [-0.39, 0.29) is 6.71 Å². The SMILES string of the molecule is C/C=C\c1ccc(B2c3ccccc3-c3cc(-c4ccccc4C)c(C)cc32)cc1C. The van der Waals surface area contributed by atoms with Crippen LogP contribution < -0.4 is 16.4 Å². The topological polar surface area (TPSA) is 0 Å². The van der Waals surface area contributed by atoms with Gasteiger partial charge in [0.05, 0.1) is 0 Å². The molecule has 0 atom stereocenters. The molecule has 0 unspecified atom stereocenters. The number of hydrogen-bond donors (Lipinski definition) is 0. The van der Waals surface area contributed by atoms with Gasteiger partial charge in [0.2, 0.25) is 6.71 Å². The second-order valence-electron chi connectivity index (χ2n) is 8.71. The Morgan fingerprint density at radius 3 is 2.06 bits per heavy atom. The van der Waals surface area contributed by atoms with Gasteiger partial charge in [-0.25, -0.2) is 0 Å². The molecule has 0 amide bonds. The average Bonchev–Trinajstić information content (AvgIpc) is 3.08. The molecule has 0 spiro atoms. The summed E-state index contributed by atoms with van der Waals surface area (Å²) in [6, 6.07) is 29.4. The minimum Gasteiger partial charge on any atom is -0.0871 e. The Morgan fingerprint density at radius 2 is 1.32 bits per heavy atom. The molecule has 1 aliphatic rings. The lowest BCUT2D eigenvalue weighted by Crippen LogP contribution is -2.49. The summed E-state index contributed by atoms with van der Waals surface area (Å²) in [5, 5.41) is 0. The quantitative estimate of drug-likeness (QED) is 0.337. The zero-order chi connectivity index (χ0) is 21.5. The van der Waals surface area contributed by atoms with E-state index in [0.717, 1.165) is 0 Å². The summed E-state index contributed by atoms with van der Waals surface area (Å²) in [6.07, 6.45) is 4.30. The zero-order valence-electron chi connectivity index (χ0n) is 18.7. The van der Waals surface area contributed by atoms with E-state index in [0.29, 0.717) is 0 Å². The van der Waals surface area contributed by atoms with E-state index in [1.165, 1.54) is 60.9 Å². The Bertz CT molecular complexity index is 1330. The summed E-state index contributed by atoms with van der Waals surface area (Å²) in [6.45, 7) is 9.03. The van der Waals surface area contributed by atoms with Crippen LogP contribution in [0.1, 0.15) is 29.2 Å². The minimum atomic E-state index is 0.286. The summed E-state index contributed by atoms with van der Waals surface area (Å²) >= 11 is 0. The van der Waals surface area contributed by atoms with Gasteiger partial charge < -0.3 is 0 Å². The highest BCUT2D eigenvalue weighted by molar-refractivity contribution is 6.99. The third-order valence-corrected chi connectivity index (χ3v) is 6.68. The van der Waals surface area contributed by atoms with Gasteiger partial charge in [-0.15, -0.1) is 0 Å². The summed E-state index contributed by atoms with van der Waals surface area (Å²) < 4.78 is 0. The predicted octanol–water partition coefficient (Wildman–Crippen LogP) is 5.81. The van der Waals surface area contributed by atoms with Crippen LogP contribution in [0.3, 0.4) is 0 Å². The first kappa shape index (κ1) is 19.6. The van der Waals surface area contributed by atoms with Gasteiger partial charge in [0, 0.05) is 0 Å². The van der Waals surface area contributed by atoms with Gasteiger partial charge >= 0.3 is 0 Å². The highest BCUT2D eigenvalue weighted by atomic mass is 14.2. The molecule has 0 nitrogen and oxygen atoms in total. The molecule has 4 aromatic carbocycles. The third-order valence-electron chi connectivity index (χ3n) is 6.68. The van der Waals surface area contributed by atoms with Crippen molar-refractivity contribution in [2.24, 2.45) is 0 Å². The molecule has 0 N–H and O–H groups in total. The van der Waals surface area contributed by atoms with E-state index < -0.39 is 0 Å². The van der Waals surface area contributed by atoms with Crippen LogP contribution >= 0.6 is 0 Å². The predicted molar refractivity (Wildman–Crippen MR) is 137 cm³/mol. The average molecular weight is 398 g/mol. The monoisotopic (exact) mass is 398 g/mol. The van der Waals surface area contributed by atoms with Gasteiger partial charge in [-0.2, -0.15) is 0 Å². The van der Waals surface area contributed by atoms with E-state index in [2.05, 4.69) is 119 Å². The highest BCUT2D eigenvalue weighted by Crippen LogP contribution is 2.32. The van der Waals surface area contributed by atoms with E-state index in [1.807, 2.05) is 0 Å². The first-order valence-electron chi connectivity index (χ1n) is 11.1. The van der Waals surface area contributed by atoms with Crippen molar-refractivity contribution in [2.75, 3.05) is 0 Å².